The lowest BCUT2D eigenvalue weighted by Crippen LogP contribution is -2.17. The van der Waals surface area contributed by atoms with Crippen molar-refractivity contribution in [3.63, 3.8) is 0 Å². The molecule has 0 bridgehead atoms. The van der Waals surface area contributed by atoms with Crippen LogP contribution in [0.3, 0.4) is 0 Å². The summed E-state index contributed by atoms with van der Waals surface area (Å²) in [4.78, 5) is 29.0. The van der Waals surface area contributed by atoms with Gasteiger partial charge in [0, 0.05) is 23.2 Å². The molecule has 0 spiro atoms. The molecule has 0 aliphatic heterocycles. The first-order valence-corrected chi connectivity index (χ1v) is 8.18. The molecule has 3 heterocycles. The molecule has 4 rings (SSSR count). The SMILES string of the molecule is Cc1c(C(=O)OCc2cc(=O)n3cccc(C)c3n2)oc2ccccc12. The van der Waals surface area contributed by atoms with E-state index < -0.39 is 5.97 Å². The van der Waals surface area contributed by atoms with E-state index in [9.17, 15) is 9.59 Å². The zero-order chi connectivity index (χ0) is 18.3. The molecule has 0 fully saturated rings. The average molecular weight is 348 g/mol. The quantitative estimate of drug-likeness (QED) is 0.531. The van der Waals surface area contributed by atoms with E-state index in [0.29, 0.717) is 16.9 Å². The first-order chi connectivity index (χ1) is 12.5. The van der Waals surface area contributed by atoms with Gasteiger partial charge in [-0.05, 0) is 31.5 Å². The lowest BCUT2D eigenvalue weighted by atomic mass is 10.1. The van der Waals surface area contributed by atoms with Crippen LogP contribution < -0.4 is 5.56 Å². The highest BCUT2D eigenvalue weighted by molar-refractivity contribution is 5.95. The molecule has 6 nitrogen and oxygen atoms in total. The topological polar surface area (TPSA) is 73.8 Å². The van der Waals surface area contributed by atoms with Gasteiger partial charge in [-0.3, -0.25) is 9.20 Å². The number of ether oxygens (including phenoxy) is 1. The summed E-state index contributed by atoms with van der Waals surface area (Å²) in [6.45, 7) is 3.58. The molecule has 0 aliphatic carbocycles. The van der Waals surface area contributed by atoms with Crippen LogP contribution >= 0.6 is 0 Å². The maximum absolute atomic E-state index is 12.4. The van der Waals surface area contributed by atoms with Crippen LogP contribution in [0.15, 0.2) is 57.9 Å². The van der Waals surface area contributed by atoms with E-state index >= 15 is 0 Å². The average Bonchev–Trinajstić information content (AvgIpc) is 2.98. The van der Waals surface area contributed by atoms with Crippen LogP contribution in [0.5, 0.6) is 0 Å². The number of pyridine rings is 1. The van der Waals surface area contributed by atoms with Crippen LogP contribution in [0.4, 0.5) is 0 Å². The Bertz CT molecular complexity index is 1200. The number of para-hydroxylation sites is 1. The Morgan fingerprint density at radius 2 is 2.00 bits per heavy atom. The predicted octanol–water partition coefficient (Wildman–Crippen LogP) is 3.41. The molecule has 0 atom stereocenters. The number of carbonyl (C=O) groups excluding carboxylic acids is 1. The van der Waals surface area contributed by atoms with Crippen molar-refractivity contribution >= 4 is 22.6 Å². The van der Waals surface area contributed by atoms with Gasteiger partial charge in [0.15, 0.2) is 0 Å². The van der Waals surface area contributed by atoms with Gasteiger partial charge in [-0.25, -0.2) is 9.78 Å². The van der Waals surface area contributed by atoms with Gasteiger partial charge in [0.05, 0.1) is 5.69 Å². The molecular formula is C20H16N2O4. The Kier molecular flexibility index (Phi) is 3.80. The van der Waals surface area contributed by atoms with E-state index in [2.05, 4.69) is 4.98 Å². The summed E-state index contributed by atoms with van der Waals surface area (Å²) >= 11 is 0. The summed E-state index contributed by atoms with van der Waals surface area (Å²) in [6, 6.07) is 12.4. The van der Waals surface area contributed by atoms with Crippen LogP contribution in [0.2, 0.25) is 0 Å². The van der Waals surface area contributed by atoms with Crippen molar-refractivity contribution in [3.8, 4) is 0 Å². The molecule has 3 aromatic heterocycles. The molecule has 0 N–H and O–H groups in total. The lowest BCUT2D eigenvalue weighted by Gasteiger charge is -2.07. The van der Waals surface area contributed by atoms with Crippen molar-refractivity contribution in [1.82, 2.24) is 9.38 Å². The van der Waals surface area contributed by atoms with Crippen molar-refractivity contribution < 1.29 is 13.9 Å². The Balaban J connectivity index is 1.61. The maximum atomic E-state index is 12.4. The van der Waals surface area contributed by atoms with Crippen LogP contribution in [0.25, 0.3) is 16.6 Å². The Morgan fingerprint density at radius 1 is 1.19 bits per heavy atom. The highest BCUT2D eigenvalue weighted by Crippen LogP contribution is 2.25. The first-order valence-electron chi connectivity index (χ1n) is 8.18. The summed E-state index contributed by atoms with van der Waals surface area (Å²) < 4.78 is 12.4. The number of benzene rings is 1. The second kappa shape index (κ2) is 6.15. The highest BCUT2D eigenvalue weighted by atomic mass is 16.5. The number of fused-ring (bicyclic) bond motifs is 2. The van der Waals surface area contributed by atoms with Gasteiger partial charge in [-0.15, -0.1) is 0 Å². The highest BCUT2D eigenvalue weighted by Gasteiger charge is 2.19. The number of aromatic nitrogens is 2. The number of esters is 1. The van der Waals surface area contributed by atoms with E-state index in [1.165, 1.54) is 10.5 Å². The van der Waals surface area contributed by atoms with Crippen LogP contribution in [-0.2, 0) is 11.3 Å². The molecule has 6 heteroatoms. The Labute approximate surface area is 148 Å². The van der Waals surface area contributed by atoms with Gasteiger partial charge in [-0.2, -0.15) is 0 Å². The van der Waals surface area contributed by atoms with Crippen LogP contribution in [0, 0.1) is 13.8 Å². The van der Waals surface area contributed by atoms with Crippen molar-refractivity contribution in [2.75, 3.05) is 0 Å². The number of hydrogen-bond donors (Lipinski definition) is 0. The van der Waals surface area contributed by atoms with Gasteiger partial charge >= 0.3 is 5.97 Å². The van der Waals surface area contributed by atoms with E-state index in [-0.39, 0.29) is 17.9 Å². The molecule has 26 heavy (non-hydrogen) atoms. The third-order valence-electron chi connectivity index (χ3n) is 4.32. The van der Waals surface area contributed by atoms with Gasteiger partial charge in [0.1, 0.15) is 17.8 Å². The largest absolute Gasteiger partial charge is 0.453 e. The number of carbonyl (C=O) groups is 1. The Hall–Kier alpha value is -3.41. The van der Waals surface area contributed by atoms with Gasteiger partial charge < -0.3 is 9.15 Å². The van der Waals surface area contributed by atoms with Crippen LogP contribution in [0.1, 0.15) is 27.4 Å². The summed E-state index contributed by atoms with van der Waals surface area (Å²) in [5, 5.41) is 0.872. The monoisotopic (exact) mass is 348 g/mol. The molecule has 0 saturated heterocycles. The van der Waals surface area contributed by atoms with Crippen molar-refractivity contribution in [2.24, 2.45) is 0 Å². The second-order valence-corrected chi connectivity index (χ2v) is 6.10. The maximum Gasteiger partial charge on any atom is 0.374 e. The molecule has 0 radical (unpaired) electrons. The van der Waals surface area contributed by atoms with Crippen molar-refractivity contribution in [1.29, 1.82) is 0 Å². The summed E-state index contributed by atoms with van der Waals surface area (Å²) in [6.07, 6.45) is 1.66. The number of furan rings is 1. The minimum atomic E-state index is -0.578. The lowest BCUT2D eigenvalue weighted by molar-refractivity contribution is 0.0432. The standard InChI is InChI=1S/C20H16N2O4/c1-12-6-5-9-22-17(23)10-14(21-19(12)22)11-25-20(24)18-13(2)15-7-3-4-8-16(15)26-18/h3-10H,11H2,1-2H3. The summed E-state index contributed by atoms with van der Waals surface area (Å²) in [7, 11) is 0. The molecule has 0 unspecified atom stereocenters. The second-order valence-electron chi connectivity index (χ2n) is 6.10. The third kappa shape index (κ3) is 2.65. The summed E-state index contributed by atoms with van der Waals surface area (Å²) in [5.74, 6) is -0.412. The van der Waals surface area contributed by atoms with E-state index in [1.807, 2.05) is 38.1 Å². The molecule has 0 aliphatic rings. The minimum absolute atomic E-state index is 0.102. The smallest absolute Gasteiger partial charge is 0.374 e. The third-order valence-corrected chi connectivity index (χ3v) is 4.32. The molecular weight excluding hydrogens is 332 g/mol. The normalized spacial score (nSPS) is 11.2. The molecule has 4 aromatic rings. The van der Waals surface area contributed by atoms with Gasteiger partial charge in [0.25, 0.3) is 5.56 Å². The van der Waals surface area contributed by atoms with Gasteiger partial charge in [0.2, 0.25) is 5.76 Å². The van der Waals surface area contributed by atoms with E-state index in [1.54, 1.807) is 18.3 Å². The number of rotatable bonds is 3. The van der Waals surface area contributed by atoms with Gasteiger partial charge in [-0.1, -0.05) is 24.3 Å². The zero-order valence-electron chi connectivity index (χ0n) is 14.4. The predicted molar refractivity (Wildman–Crippen MR) is 96.3 cm³/mol. The van der Waals surface area contributed by atoms with E-state index in [4.69, 9.17) is 9.15 Å². The fourth-order valence-electron chi connectivity index (χ4n) is 2.96. The fourth-order valence-corrected chi connectivity index (χ4v) is 2.96. The van der Waals surface area contributed by atoms with Crippen LogP contribution in [-0.4, -0.2) is 15.4 Å². The minimum Gasteiger partial charge on any atom is -0.453 e. The molecule has 0 saturated carbocycles. The number of hydrogen-bond acceptors (Lipinski definition) is 5. The summed E-state index contributed by atoms with van der Waals surface area (Å²) in [5.41, 5.74) is 2.95. The first kappa shape index (κ1) is 16.1. The Morgan fingerprint density at radius 3 is 2.81 bits per heavy atom. The molecule has 0 amide bonds. The van der Waals surface area contributed by atoms with Crippen molar-refractivity contribution in [2.45, 2.75) is 20.5 Å². The number of nitrogens with zero attached hydrogens (tertiary/aromatic N) is 2. The molecule has 130 valence electrons. The zero-order valence-corrected chi connectivity index (χ0v) is 14.4. The van der Waals surface area contributed by atoms with Crippen molar-refractivity contribution in [3.05, 3.63) is 81.6 Å². The fraction of sp³-hybridized carbons (Fsp3) is 0.150. The number of aryl methyl sites for hydroxylation is 2. The molecule has 1 aromatic carbocycles. The van der Waals surface area contributed by atoms with E-state index in [0.717, 1.165) is 16.5 Å².